The second-order valence-electron chi connectivity index (χ2n) is 6.73. The minimum absolute atomic E-state index is 0.0215. The van der Waals surface area contributed by atoms with Crippen LogP contribution in [-0.2, 0) is 4.79 Å². The van der Waals surface area contributed by atoms with Crippen molar-refractivity contribution in [3.05, 3.63) is 24.3 Å². The summed E-state index contributed by atoms with van der Waals surface area (Å²) in [7, 11) is 1.68. The molecule has 0 N–H and O–H groups in total. The van der Waals surface area contributed by atoms with Crippen LogP contribution in [0.15, 0.2) is 24.3 Å². The van der Waals surface area contributed by atoms with Gasteiger partial charge in [-0.15, -0.1) is 0 Å². The number of benzene rings is 1. The molecule has 128 valence electrons. The lowest BCUT2D eigenvalue weighted by molar-refractivity contribution is -0.129. The van der Waals surface area contributed by atoms with Crippen LogP contribution in [0, 0.1) is 0 Å². The number of fused-ring (bicyclic) bond motifs is 1. The number of hydrogen-bond acceptors (Lipinski definition) is 4. The number of imide groups is 1. The van der Waals surface area contributed by atoms with Crippen LogP contribution >= 0.6 is 0 Å². The van der Waals surface area contributed by atoms with Crippen molar-refractivity contribution in [3.8, 4) is 5.75 Å². The standard InChI is InChI=1S/C18H23N3O3/c1-24-16-7-3-2-5-14(16)19-11-8-13(9-12-19)21-17(22)15-6-4-10-20(15)18(21)23/h2-3,5,7,13,15H,4,6,8-12H2,1H3. The number of piperidine rings is 1. The molecule has 0 radical (unpaired) electrons. The van der Waals surface area contributed by atoms with Crippen LogP contribution in [-0.4, -0.2) is 60.6 Å². The first-order valence-corrected chi connectivity index (χ1v) is 8.72. The third kappa shape index (κ3) is 2.32. The van der Waals surface area contributed by atoms with Gasteiger partial charge in [0.1, 0.15) is 11.8 Å². The minimum Gasteiger partial charge on any atom is -0.495 e. The number of amides is 3. The third-order valence-corrected chi connectivity index (χ3v) is 5.48. The largest absolute Gasteiger partial charge is 0.495 e. The van der Waals surface area contributed by atoms with Crippen molar-refractivity contribution in [3.63, 3.8) is 0 Å². The van der Waals surface area contributed by atoms with Crippen LogP contribution in [0.3, 0.4) is 0 Å². The predicted molar refractivity (Wildman–Crippen MR) is 90.2 cm³/mol. The predicted octanol–water partition coefficient (Wildman–Crippen LogP) is 2.09. The maximum absolute atomic E-state index is 12.6. The number of hydrogen-bond donors (Lipinski definition) is 0. The summed E-state index contributed by atoms with van der Waals surface area (Å²) in [6, 6.07) is 7.75. The summed E-state index contributed by atoms with van der Waals surface area (Å²) < 4.78 is 5.44. The summed E-state index contributed by atoms with van der Waals surface area (Å²) in [6.45, 7) is 2.38. The van der Waals surface area contributed by atoms with Crippen LogP contribution in [0.4, 0.5) is 10.5 Å². The fraction of sp³-hybridized carbons (Fsp3) is 0.556. The van der Waals surface area contributed by atoms with Crippen molar-refractivity contribution in [1.29, 1.82) is 0 Å². The lowest BCUT2D eigenvalue weighted by Crippen LogP contribution is -2.48. The number of para-hydroxylation sites is 2. The summed E-state index contributed by atoms with van der Waals surface area (Å²) in [6.07, 6.45) is 3.40. The van der Waals surface area contributed by atoms with Gasteiger partial charge in [0.05, 0.1) is 12.8 Å². The molecule has 3 aliphatic rings. The summed E-state index contributed by atoms with van der Waals surface area (Å²) in [5.74, 6) is 0.887. The highest BCUT2D eigenvalue weighted by molar-refractivity contribution is 6.04. The Kier molecular flexibility index (Phi) is 3.82. The molecule has 1 aromatic rings. The van der Waals surface area contributed by atoms with E-state index in [0.29, 0.717) is 0 Å². The van der Waals surface area contributed by atoms with E-state index in [2.05, 4.69) is 11.0 Å². The monoisotopic (exact) mass is 329 g/mol. The van der Waals surface area contributed by atoms with Crippen molar-refractivity contribution >= 4 is 17.6 Å². The lowest BCUT2D eigenvalue weighted by Gasteiger charge is -2.37. The van der Waals surface area contributed by atoms with Gasteiger partial charge in [0.2, 0.25) is 0 Å². The quantitative estimate of drug-likeness (QED) is 0.797. The fourth-order valence-electron chi connectivity index (χ4n) is 4.24. The summed E-state index contributed by atoms with van der Waals surface area (Å²) >= 11 is 0. The summed E-state index contributed by atoms with van der Waals surface area (Å²) in [5, 5.41) is 0. The zero-order valence-corrected chi connectivity index (χ0v) is 14.0. The van der Waals surface area contributed by atoms with Crippen LogP contribution in [0.2, 0.25) is 0 Å². The van der Waals surface area contributed by atoms with Gasteiger partial charge in [-0.25, -0.2) is 4.79 Å². The number of anilines is 1. The molecule has 1 atom stereocenters. The van der Waals surface area contributed by atoms with Gasteiger partial charge in [0, 0.05) is 25.7 Å². The molecule has 6 nitrogen and oxygen atoms in total. The fourth-order valence-corrected chi connectivity index (χ4v) is 4.24. The van der Waals surface area contributed by atoms with Crippen molar-refractivity contribution in [2.24, 2.45) is 0 Å². The van der Waals surface area contributed by atoms with Gasteiger partial charge in [0.25, 0.3) is 5.91 Å². The van der Waals surface area contributed by atoms with E-state index in [1.54, 1.807) is 16.9 Å². The van der Waals surface area contributed by atoms with Crippen molar-refractivity contribution in [2.75, 3.05) is 31.6 Å². The van der Waals surface area contributed by atoms with Gasteiger partial charge in [-0.2, -0.15) is 0 Å². The highest BCUT2D eigenvalue weighted by Gasteiger charge is 2.50. The van der Waals surface area contributed by atoms with Gasteiger partial charge < -0.3 is 14.5 Å². The van der Waals surface area contributed by atoms with E-state index in [0.717, 1.165) is 56.8 Å². The highest BCUT2D eigenvalue weighted by Crippen LogP contribution is 2.34. The zero-order valence-electron chi connectivity index (χ0n) is 14.0. The molecule has 24 heavy (non-hydrogen) atoms. The topological polar surface area (TPSA) is 53.1 Å². The number of nitrogens with zero attached hydrogens (tertiary/aromatic N) is 3. The Labute approximate surface area is 142 Å². The maximum Gasteiger partial charge on any atom is 0.327 e. The number of methoxy groups -OCH3 is 1. The second kappa shape index (κ2) is 6.00. The van der Waals surface area contributed by atoms with E-state index < -0.39 is 0 Å². The van der Waals surface area contributed by atoms with Crippen molar-refractivity contribution in [1.82, 2.24) is 9.80 Å². The Morgan fingerprint density at radius 2 is 1.79 bits per heavy atom. The Morgan fingerprint density at radius 1 is 1.04 bits per heavy atom. The first-order valence-electron chi connectivity index (χ1n) is 8.72. The molecule has 0 saturated carbocycles. The van der Waals surface area contributed by atoms with E-state index in [1.807, 2.05) is 18.2 Å². The van der Waals surface area contributed by atoms with Crippen LogP contribution in [0.1, 0.15) is 25.7 Å². The zero-order chi connectivity index (χ0) is 16.7. The molecule has 0 bridgehead atoms. The van der Waals surface area contributed by atoms with Gasteiger partial charge in [-0.05, 0) is 37.8 Å². The summed E-state index contributed by atoms with van der Waals surface area (Å²) in [5.41, 5.74) is 1.08. The Balaban J connectivity index is 1.45. The van der Waals surface area contributed by atoms with Gasteiger partial charge >= 0.3 is 6.03 Å². The molecule has 1 unspecified atom stereocenters. The molecule has 3 heterocycles. The third-order valence-electron chi connectivity index (χ3n) is 5.48. The molecule has 3 saturated heterocycles. The number of carbonyl (C=O) groups excluding carboxylic acids is 2. The Bertz CT molecular complexity index is 633. The van der Waals surface area contributed by atoms with Crippen LogP contribution in [0.5, 0.6) is 5.75 Å². The smallest absolute Gasteiger partial charge is 0.327 e. The molecule has 4 rings (SSSR count). The molecule has 0 aromatic heterocycles. The van der Waals surface area contributed by atoms with Gasteiger partial charge in [0.15, 0.2) is 0 Å². The van der Waals surface area contributed by atoms with Crippen LogP contribution in [0.25, 0.3) is 0 Å². The molecule has 0 aliphatic carbocycles. The van der Waals surface area contributed by atoms with E-state index in [-0.39, 0.29) is 24.0 Å². The average molecular weight is 329 g/mol. The minimum atomic E-state index is -0.190. The molecular formula is C18H23N3O3. The van der Waals surface area contributed by atoms with Crippen molar-refractivity contribution in [2.45, 2.75) is 37.8 Å². The number of urea groups is 1. The molecule has 0 spiro atoms. The number of ether oxygens (including phenoxy) is 1. The molecule has 3 fully saturated rings. The first-order chi connectivity index (χ1) is 11.7. The molecule has 3 amide bonds. The maximum atomic E-state index is 12.6. The average Bonchev–Trinajstić information content (AvgIpc) is 3.19. The molecule has 6 heteroatoms. The Hall–Kier alpha value is -2.24. The van der Waals surface area contributed by atoms with E-state index >= 15 is 0 Å². The summed E-state index contributed by atoms with van der Waals surface area (Å²) in [4.78, 5) is 30.7. The molecule has 1 aromatic carbocycles. The molecule has 3 aliphatic heterocycles. The van der Waals surface area contributed by atoms with Crippen LogP contribution < -0.4 is 9.64 Å². The number of rotatable bonds is 3. The van der Waals surface area contributed by atoms with E-state index in [4.69, 9.17) is 4.74 Å². The molecular weight excluding hydrogens is 306 g/mol. The van der Waals surface area contributed by atoms with E-state index in [9.17, 15) is 9.59 Å². The van der Waals surface area contributed by atoms with Gasteiger partial charge in [-0.3, -0.25) is 9.69 Å². The van der Waals surface area contributed by atoms with E-state index in [1.165, 1.54) is 0 Å². The first kappa shape index (κ1) is 15.3. The Morgan fingerprint density at radius 3 is 2.50 bits per heavy atom. The second-order valence-corrected chi connectivity index (χ2v) is 6.73. The normalized spacial score (nSPS) is 24.7. The lowest BCUT2D eigenvalue weighted by atomic mass is 10.0. The SMILES string of the molecule is COc1ccccc1N1CCC(N2C(=O)C3CCCN3C2=O)CC1. The van der Waals surface area contributed by atoms with Gasteiger partial charge in [-0.1, -0.05) is 12.1 Å². The highest BCUT2D eigenvalue weighted by atomic mass is 16.5. The van der Waals surface area contributed by atoms with Crippen molar-refractivity contribution < 1.29 is 14.3 Å². The number of carbonyl (C=O) groups is 2.